The summed E-state index contributed by atoms with van der Waals surface area (Å²) in [5, 5.41) is 8.16. The summed E-state index contributed by atoms with van der Waals surface area (Å²) in [7, 11) is 0. The molecule has 0 bridgehead atoms. The number of nitrogens with one attached hydrogen (secondary N) is 3. The summed E-state index contributed by atoms with van der Waals surface area (Å²) in [4.78, 5) is 12.9. The van der Waals surface area contributed by atoms with Gasteiger partial charge in [0.25, 0.3) is 5.91 Å². The zero-order valence-corrected chi connectivity index (χ0v) is 18.3. The zero-order chi connectivity index (χ0) is 21.5. The Morgan fingerprint density at radius 3 is 2.57 bits per heavy atom. The van der Waals surface area contributed by atoms with Gasteiger partial charge in [0.05, 0.1) is 11.3 Å². The summed E-state index contributed by atoms with van der Waals surface area (Å²) in [6.07, 6.45) is 2.73. The molecule has 0 spiro atoms. The zero-order valence-electron chi connectivity index (χ0n) is 17.5. The maximum atomic E-state index is 12.9. The number of aromatic nitrogens is 2. The van der Waals surface area contributed by atoms with Crippen molar-refractivity contribution in [2.45, 2.75) is 27.2 Å². The molecule has 7 heteroatoms. The number of para-hydroxylation sites is 1. The predicted octanol–water partition coefficient (Wildman–Crippen LogP) is 4.00. The lowest BCUT2D eigenvalue weighted by molar-refractivity contribution is 0.0944. The third kappa shape index (κ3) is 5.67. The van der Waals surface area contributed by atoms with Gasteiger partial charge in [-0.25, -0.2) is 4.68 Å². The fraction of sp³-hybridized carbons (Fsp3) is 0.261. The molecule has 0 aliphatic heterocycles. The van der Waals surface area contributed by atoms with Crippen LogP contribution >= 0.6 is 12.2 Å². The molecule has 0 radical (unpaired) electrons. The maximum Gasteiger partial charge on any atom is 0.273 e. The van der Waals surface area contributed by atoms with Gasteiger partial charge in [-0.2, -0.15) is 5.10 Å². The molecule has 2 aromatic carbocycles. The van der Waals surface area contributed by atoms with E-state index < -0.39 is 0 Å². The van der Waals surface area contributed by atoms with Crippen LogP contribution in [0.2, 0.25) is 0 Å². The van der Waals surface area contributed by atoms with Crippen molar-refractivity contribution in [3.05, 3.63) is 71.9 Å². The number of carbonyl (C=O) groups is 1. The second-order valence-electron chi connectivity index (χ2n) is 7.56. The first-order chi connectivity index (χ1) is 14.4. The van der Waals surface area contributed by atoms with Crippen molar-refractivity contribution in [1.82, 2.24) is 25.9 Å². The Hall–Kier alpha value is -3.19. The highest BCUT2D eigenvalue weighted by atomic mass is 32.1. The molecule has 3 aromatic rings. The molecule has 3 rings (SSSR count). The molecule has 1 heterocycles. The molecule has 6 nitrogen and oxygen atoms in total. The van der Waals surface area contributed by atoms with Crippen molar-refractivity contribution in [2.75, 3.05) is 6.54 Å². The lowest BCUT2D eigenvalue weighted by atomic mass is 10.1. The van der Waals surface area contributed by atoms with Gasteiger partial charge in [0.1, 0.15) is 5.69 Å². The molecule has 1 amide bonds. The van der Waals surface area contributed by atoms with E-state index in [4.69, 9.17) is 12.2 Å². The van der Waals surface area contributed by atoms with Gasteiger partial charge in [0.2, 0.25) is 0 Å². The van der Waals surface area contributed by atoms with Gasteiger partial charge in [-0.05, 0) is 49.7 Å². The number of rotatable bonds is 6. The first kappa shape index (κ1) is 21.5. The number of hydrazine groups is 1. The second kappa shape index (κ2) is 10.0. The molecule has 0 unspecified atom stereocenters. The highest BCUT2D eigenvalue weighted by Crippen LogP contribution is 2.24. The summed E-state index contributed by atoms with van der Waals surface area (Å²) in [6, 6.07) is 17.6. The third-order valence-electron chi connectivity index (χ3n) is 4.57. The lowest BCUT2D eigenvalue weighted by Crippen LogP contribution is -2.47. The number of thiocarbonyl (C=S) groups is 1. The van der Waals surface area contributed by atoms with Gasteiger partial charge in [0.15, 0.2) is 5.11 Å². The van der Waals surface area contributed by atoms with Crippen LogP contribution in [-0.4, -0.2) is 27.3 Å². The highest BCUT2D eigenvalue weighted by molar-refractivity contribution is 7.80. The van der Waals surface area contributed by atoms with Crippen LogP contribution in [0.1, 0.15) is 36.2 Å². The first-order valence-electron chi connectivity index (χ1n) is 10.0. The van der Waals surface area contributed by atoms with Crippen LogP contribution in [-0.2, 0) is 0 Å². The second-order valence-corrected chi connectivity index (χ2v) is 7.97. The molecule has 3 N–H and O–H groups in total. The molecular formula is C23H27N5OS. The molecule has 30 heavy (non-hydrogen) atoms. The molecule has 0 aliphatic carbocycles. The summed E-state index contributed by atoms with van der Waals surface area (Å²) >= 11 is 5.24. The third-order valence-corrected chi connectivity index (χ3v) is 4.81. The number of carbonyl (C=O) groups excluding carboxylic acids is 1. The monoisotopic (exact) mass is 421 g/mol. The normalized spacial score (nSPS) is 10.7. The number of nitrogens with zero attached hydrogens (tertiary/aromatic N) is 2. The van der Waals surface area contributed by atoms with E-state index in [2.05, 4.69) is 35.1 Å². The number of benzene rings is 2. The molecule has 0 fully saturated rings. The average Bonchev–Trinajstić information content (AvgIpc) is 3.18. The Labute approximate surface area is 182 Å². The summed E-state index contributed by atoms with van der Waals surface area (Å²) in [6.45, 7) is 7.06. The Bertz CT molecular complexity index is 1010. The van der Waals surface area contributed by atoms with Gasteiger partial charge in [-0.1, -0.05) is 55.8 Å². The summed E-state index contributed by atoms with van der Waals surface area (Å²) in [5.74, 6) is 0.275. The van der Waals surface area contributed by atoms with Crippen LogP contribution in [0, 0.1) is 12.8 Å². The Morgan fingerprint density at radius 2 is 1.87 bits per heavy atom. The number of aryl methyl sites for hydroxylation is 1. The number of hydrogen-bond donors (Lipinski definition) is 3. The maximum absolute atomic E-state index is 12.9. The van der Waals surface area contributed by atoms with E-state index in [1.54, 1.807) is 10.9 Å². The van der Waals surface area contributed by atoms with Gasteiger partial charge in [-0.3, -0.25) is 15.6 Å². The smallest absolute Gasteiger partial charge is 0.273 e. The van der Waals surface area contributed by atoms with Crippen molar-refractivity contribution >= 4 is 23.2 Å². The summed E-state index contributed by atoms with van der Waals surface area (Å²) in [5.41, 5.74) is 9.39. The number of hydrogen-bond acceptors (Lipinski definition) is 3. The van der Waals surface area contributed by atoms with Crippen LogP contribution in [0.4, 0.5) is 0 Å². The van der Waals surface area contributed by atoms with Crippen molar-refractivity contribution in [3.8, 4) is 16.9 Å². The predicted molar refractivity (Wildman–Crippen MR) is 124 cm³/mol. The topological polar surface area (TPSA) is 71.0 Å². The van der Waals surface area contributed by atoms with Gasteiger partial charge in [-0.15, -0.1) is 0 Å². The van der Waals surface area contributed by atoms with Crippen LogP contribution in [0.5, 0.6) is 0 Å². The van der Waals surface area contributed by atoms with Crippen molar-refractivity contribution < 1.29 is 4.79 Å². The van der Waals surface area contributed by atoms with Gasteiger partial charge < -0.3 is 5.32 Å². The number of amides is 1. The Morgan fingerprint density at radius 1 is 1.10 bits per heavy atom. The molecule has 0 saturated carbocycles. The fourth-order valence-corrected chi connectivity index (χ4v) is 3.11. The SMILES string of the molecule is Cc1cccc(-c2nn(-c3ccccc3)cc2C(=O)NNC(=S)NCCC(C)C)c1. The van der Waals surface area contributed by atoms with Gasteiger partial charge in [0, 0.05) is 18.3 Å². The highest BCUT2D eigenvalue weighted by Gasteiger charge is 2.19. The molecule has 0 aliphatic rings. The molecule has 1 aromatic heterocycles. The molecule has 0 atom stereocenters. The van der Waals surface area contributed by atoms with Crippen LogP contribution in [0.15, 0.2) is 60.8 Å². The quantitative estimate of drug-likeness (QED) is 0.414. The van der Waals surface area contributed by atoms with Gasteiger partial charge >= 0.3 is 0 Å². The molecular weight excluding hydrogens is 394 g/mol. The van der Waals surface area contributed by atoms with Crippen molar-refractivity contribution in [2.24, 2.45) is 5.92 Å². The van der Waals surface area contributed by atoms with E-state index in [1.807, 2.05) is 61.5 Å². The summed E-state index contributed by atoms with van der Waals surface area (Å²) < 4.78 is 1.71. The Balaban J connectivity index is 1.81. The van der Waals surface area contributed by atoms with E-state index >= 15 is 0 Å². The van der Waals surface area contributed by atoms with E-state index in [1.165, 1.54) is 0 Å². The minimum absolute atomic E-state index is 0.304. The van der Waals surface area contributed by atoms with Crippen molar-refractivity contribution in [1.29, 1.82) is 0 Å². The molecule has 156 valence electrons. The van der Waals surface area contributed by atoms with Crippen molar-refractivity contribution in [3.63, 3.8) is 0 Å². The van der Waals surface area contributed by atoms with Crippen LogP contribution in [0.3, 0.4) is 0 Å². The minimum atomic E-state index is -0.304. The minimum Gasteiger partial charge on any atom is -0.361 e. The lowest BCUT2D eigenvalue weighted by Gasteiger charge is -2.12. The van der Waals surface area contributed by atoms with E-state index in [0.717, 1.165) is 29.8 Å². The largest absolute Gasteiger partial charge is 0.361 e. The van der Waals surface area contributed by atoms with Crippen LogP contribution < -0.4 is 16.2 Å². The van der Waals surface area contributed by atoms with E-state index in [-0.39, 0.29) is 5.91 Å². The standard InChI is InChI=1S/C23H27N5OS/c1-16(2)12-13-24-23(30)26-25-22(29)20-15-28(19-10-5-4-6-11-19)27-21(20)18-9-7-8-17(3)14-18/h4-11,14-16H,12-13H2,1-3H3,(H,25,29)(H2,24,26,30). The van der Waals surface area contributed by atoms with E-state index in [9.17, 15) is 4.79 Å². The first-order valence-corrected chi connectivity index (χ1v) is 10.4. The average molecular weight is 422 g/mol. The fourth-order valence-electron chi connectivity index (χ4n) is 2.96. The Kier molecular flexibility index (Phi) is 7.19. The van der Waals surface area contributed by atoms with Crippen LogP contribution in [0.25, 0.3) is 16.9 Å². The molecule has 0 saturated heterocycles. The van der Waals surface area contributed by atoms with E-state index in [0.29, 0.717) is 22.3 Å².